The van der Waals surface area contributed by atoms with E-state index < -0.39 is 10.7 Å². The van der Waals surface area contributed by atoms with Crippen LogP contribution >= 0.6 is 0 Å². The van der Waals surface area contributed by atoms with Crippen molar-refractivity contribution < 1.29 is 9.31 Å². The normalized spacial score (nSPS) is 11.3. The summed E-state index contributed by atoms with van der Waals surface area (Å²) in [6.07, 6.45) is 1.88. The van der Waals surface area contributed by atoms with Crippen molar-refractivity contribution in [1.29, 1.82) is 0 Å². The predicted octanol–water partition coefficient (Wildman–Crippen LogP) is 3.72. The number of nitro benzene ring substituents is 1. The molecule has 4 nitrogen and oxygen atoms in total. The summed E-state index contributed by atoms with van der Waals surface area (Å²) in [7, 11) is 0. The third-order valence-corrected chi connectivity index (χ3v) is 2.45. The van der Waals surface area contributed by atoms with Crippen LogP contribution in [0.25, 0.3) is 0 Å². The van der Waals surface area contributed by atoms with Crippen LogP contribution in [0.15, 0.2) is 18.2 Å². The monoisotopic (exact) mass is 240 g/mol. The molecule has 0 aromatic heterocycles. The zero-order chi connectivity index (χ0) is 13.1. The average molecular weight is 240 g/mol. The van der Waals surface area contributed by atoms with Crippen molar-refractivity contribution in [3.8, 4) is 0 Å². The number of anilines is 1. The van der Waals surface area contributed by atoms with Gasteiger partial charge >= 0.3 is 0 Å². The van der Waals surface area contributed by atoms with Crippen LogP contribution in [0.5, 0.6) is 0 Å². The number of halogens is 1. The van der Waals surface area contributed by atoms with Crippen molar-refractivity contribution in [3.63, 3.8) is 0 Å². The number of rotatable bonds is 5. The highest BCUT2D eigenvalue weighted by molar-refractivity contribution is 5.52. The standard InChI is InChI=1S/C12H17FN2O2/c1-4-5-12(2,3)14-10-6-9(13)7-11(8-10)15(16)17/h6-8,14H,4-5H2,1-3H3. The zero-order valence-electron chi connectivity index (χ0n) is 10.3. The highest BCUT2D eigenvalue weighted by atomic mass is 19.1. The number of non-ortho nitro benzene ring substituents is 1. The summed E-state index contributed by atoms with van der Waals surface area (Å²) in [6, 6.07) is 3.53. The molecule has 0 saturated carbocycles. The molecule has 0 spiro atoms. The highest BCUT2D eigenvalue weighted by Gasteiger charge is 2.18. The number of nitrogens with zero attached hydrogens (tertiary/aromatic N) is 1. The van der Waals surface area contributed by atoms with Crippen molar-refractivity contribution in [2.75, 3.05) is 5.32 Å². The molecule has 0 unspecified atom stereocenters. The SMILES string of the molecule is CCCC(C)(C)Nc1cc(F)cc([N+](=O)[O-])c1. The summed E-state index contributed by atoms with van der Waals surface area (Å²) in [6.45, 7) is 6.01. The lowest BCUT2D eigenvalue weighted by Crippen LogP contribution is -2.30. The first-order chi connectivity index (χ1) is 7.84. The Morgan fingerprint density at radius 2 is 2.06 bits per heavy atom. The molecule has 0 fully saturated rings. The molecule has 0 aliphatic heterocycles. The molecule has 0 atom stereocenters. The molecule has 1 aromatic rings. The van der Waals surface area contributed by atoms with Crippen molar-refractivity contribution in [3.05, 3.63) is 34.1 Å². The summed E-state index contributed by atoms with van der Waals surface area (Å²) in [5, 5.41) is 13.7. The molecule has 0 heterocycles. The van der Waals surface area contributed by atoms with Crippen molar-refractivity contribution in [2.45, 2.75) is 39.2 Å². The maximum absolute atomic E-state index is 13.2. The van der Waals surface area contributed by atoms with Crippen molar-refractivity contribution in [1.82, 2.24) is 0 Å². The van der Waals surface area contributed by atoms with Gasteiger partial charge in [0.25, 0.3) is 5.69 Å². The summed E-state index contributed by atoms with van der Waals surface area (Å²) >= 11 is 0. The van der Waals surface area contributed by atoms with Gasteiger partial charge in [0, 0.05) is 17.3 Å². The third-order valence-electron chi connectivity index (χ3n) is 2.45. The van der Waals surface area contributed by atoms with E-state index in [0.29, 0.717) is 5.69 Å². The van der Waals surface area contributed by atoms with Crippen molar-refractivity contribution in [2.24, 2.45) is 0 Å². The maximum atomic E-state index is 13.2. The maximum Gasteiger partial charge on any atom is 0.274 e. The average Bonchev–Trinajstić information content (AvgIpc) is 2.15. The van der Waals surface area contributed by atoms with E-state index in [1.807, 2.05) is 13.8 Å². The smallest absolute Gasteiger partial charge is 0.274 e. The lowest BCUT2D eigenvalue weighted by molar-refractivity contribution is -0.385. The second-order valence-electron chi connectivity index (χ2n) is 4.71. The van der Waals surface area contributed by atoms with Crippen LogP contribution in [-0.4, -0.2) is 10.5 Å². The lowest BCUT2D eigenvalue weighted by Gasteiger charge is -2.27. The van der Waals surface area contributed by atoms with E-state index in [2.05, 4.69) is 12.2 Å². The Morgan fingerprint density at radius 3 is 2.59 bits per heavy atom. The van der Waals surface area contributed by atoms with Crippen LogP contribution in [0.1, 0.15) is 33.6 Å². The van der Waals surface area contributed by atoms with E-state index >= 15 is 0 Å². The van der Waals surface area contributed by atoms with Crippen LogP contribution in [-0.2, 0) is 0 Å². The first-order valence-corrected chi connectivity index (χ1v) is 5.57. The molecule has 0 amide bonds. The van der Waals surface area contributed by atoms with Gasteiger partial charge in [-0.15, -0.1) is 0 Å². The van der Waals surface area contributed by atoms with Gasteiger partial charge in [0.15, 0.2) is 0 Å². The van der Waals surface area contributed by atoms with Gasteiger partial charge in [0.1, 0.15) is 5.82 Å². The van der Waals surface area contributed by atoms with E-state index in [1.54, 1.807) is 0 Å². The molecule has 0 aliphatic rings. The number of nitro groups is 1. The Labute approximate surface area is 100.0 Å². The molecule has 94 valence electrons. The van der Waals surface area contributed by atoms with Gasteiger partial charge in [-0.05, 0) is 26.3 Å². The van der Waals surface area contributed by atoms with E-state index in [1.165, 1.54) is 12.1 Å². The molecule has 0 radical (unpaired) electrons. The molecule has 1 N–H and O–H groups in total. The summed E-state index contributed by atoms with van der Waals surface area (Å²) < 4.78 is 13.2. The van der Waals surface area contributed by atoms with Gasteiger partial charge in [0.2, 0.25) is 0 Å². The number of benzene rings is 1. The topological polar surface area (TPSA) is 55.2 Å². The van der Waals surface area contributed by atoms with Crippen molar-refractivity contribution >= 4 is 11.4 Å². The minimum absolute atomic E-state index is 0.212. The van der Waals surface area contributed by atoms with E-state index in [4.69, 9.17) is 0 Å². The molecule has 1 rings (SSSR count). The third kappa shape index (κ3) is 4.01. The van der Waals surface area contributed by atoms with Gasteiger partial charge in [-0.1, -0.05) is 13.3 Å². The number of hydrogen-bond acceptors (Lipinski definition) is 3. The highest BCUT2D eigenvalue weighted by Crippen LogP contribution is 2.24. The zero-order valence-corrected chi connectivity index (χ0v) is 10.3. The summed E-state index contributed by atoms with van der Waals surface area (Å²) in [5.41, 5.74) is -0.00824. The first kappa shape index (κ1) is 13.4. The lowest BCUT2D eigenvalue weighted by atomic mass is 9.98. The largest absolute Gasteiger partial charge is 0.380 e. The van der Waals surface area contributed by atoms with Crippen LogP contribution in [0.3, 0.4) is 0 Å². The molecule has 5 heteroatoms. The molecule has 17 heavy (non-hydrogen) atoms. The Balaban J connectivity index is 2.95. The molecule has 0 aliphatic carbocycles. The van der Waals surface area contributed by atoms with E-state index in [0.717, 1.165) is 18.9 Å². The predicted molar refractivity (Wildman–Crippen MR) is 65.7 cm³/mol. The molecular weight excluding hydrogens is 223 g/mol. The number of hydrogen-bond donors (Lipinski definition) is 1. The van der Waals surface area contributed by atoms with E-state index in [-0.39, 0.29) is 11.2 Å². The van der Waals surface area contributed by atoms with Gasteiger partial charge in [-0.3, -0.25) is 10.1 Å². The minimum Gasteiger partial charge on any atom is -0.380 e. The fraction of sp³-hybridized carbons (Fsp3) is 0.500. The Hall–Kier alpha value is -1.65. The molecule has 0 bridgehead atoms. The summed E-state index contributed by atoms with van der Waals surface area (Å²) in [4.78, 5) is 10.0. The molecule has 0 saturated heterocycles. The fourth-order valence-electron chi connectivity index (χ4n) is 1.83. The Bertz CT molecular complexity index is 419. The number of nitrogens with one attached hydrogen (secondary N) is 1. The van der Waals surface area contributed by atoms with Crippen LogP contribution < -0.4 is 5.32 Å². The minimum atomic E-state index is -0.603. The van der Waals surface area contributed by atoms with Gasteiger partial charge in [-0.2, -0.15) is 0 Å². The van der Waals surface area contributed by atoms with Crippen LogP contribution in [0, 0.1) is 15.9 Å². The quantitative estimate of drug-likeness (QED) is 0.630. The summed E-state index contributed by atoms with van der Waals surface area (Å²) in [5.74, 6) is -0.603. The molecule has 1 aromatic carbocycles. The second kappa shape index (κ2) is 5.12. The van der Waals surface area contributed by atoms with Crippen LogP contribution in [0.4, 0.5) is 15.8 Å². The Kier molecular flexibility index (Phi) is 4.04. The molecular formula is C12H17FN2O2. The van der Waals surface area contributed by atoms with Crippen LogP contribution in [0.2, 0.25) is 0 Å². The first-order valence-electron chi connectivity index (χ1n) is 5.57. The fourth-order valence-corrected chi connectivity index (χ4v) is 1.83. The van der Waals surface area contributed by atoms with E-state index in [9.17, 15) is 14.5 Å². The van der Waals surface area contributed by atoms with Gasteiger partial charge in [-0.25, -0.2) is 4.39 Å². The van der Waals surface area contributed by atoms with Gasteiger partial charge in [0.05, 0.1) is 11.0 Å². The van der Waals surface area contributed by atoms with Gasteiger partial charge < -0.3 is 5.32 Å². The second-order valence-corrected chi connectivity index (χ2v) is 4.71. The Morgan fingerprint density at radius 1 is 1.41 bits per heavy atom.